The second kappa shape index (κ2) is 5.57. The van der Waals surface area contributed by atoms with Crippen molar-refractivity contribution in [2.24, 2.45) is 5.14 Å². The summed E-state index contributed by atoms with van der Waals surface area (Å²) in [5.41, 5.74) is 2.52. The van der Waals surface area contributed by atoms with Crippen LogP contribution in [0.3, 0.4) is 0 Å². The Morgan fingerprint density at radius 3 is 2.57 bits per heavy atom. The van der Waals surface area contributed by atoms with Gasteiger partial charge in [-0.1, -0.05) is 36.0 Å². The first-order chi connectivity index (χ1) is 10.0. The minimum absolute atomic E-state index is 0.0421. The molecule has 7 heteroatoms. The number of hydrogen-bond acceptors (Lipinski definition) is 5. The molecule has 0 saturated heterocycles. The molecule has 0 saturated carbocycles. The van der Waals surface area contributed by atoms with E-state index in [2.05, 4.69) is 0 Å². The Bertz CT molecular complexity index is 761. The molecule has 2 N–H and O–H groups in total. The van der Waals surface area contributed by atoms with Crippen LogP contribution < -0.4 is 9.88 Å². The van der Waals surface area contributed by atoms with Gasteiger partial charge in [0.15, 0.2) is 0 Å². The smallest absolute Gasteiger partial charge is 0.244 e. The summed E-state index contributed by atoms with van der Waals surface area (Å²) in [5.74, 6) is 0.727. The van der Waals surface area contributed by atoms with Crippen molar-refractivity contribution in [3.8, 4) is 5.75 Å². The van der Waals surface area contributed by atoms with Gasteiger partial charge < -0.3 is 4.74 Å². The van der Waals surface area contributed by atoms with Crippen molar-refractivity contribution in [2.75, 3.05) is 7.11 Å². The third kappa shape index (κ3) is 2.78. The van der Waals surface area contributed by atoms with E-state index in [1.807, 2.05) is 41.8 Å². The van der Waals surface area contributed by atoms with Gasteiger partial charge in [0.05, 0.1) is 11.7 Å². The van der Waals surface area contributed by atoms with E-state index in [0.29, 0.717) is 5.57 Å². The second-order valence-electron chi connectivity index (χ2n) is 4.47. The summed E-state index contributed by atoms with van der Waals surface area (Å²) in [7, 11) is -2.15. The van der Waals surface area contributed by atoms with E-state index in [1.165, 1.54) is 11.8 Å². The van der Waals surface area contributed by atoms with Crippen molar-refractivity contribution in [3.63, 3.8) is 0 Å². The molecular formula is C14H13NO3S3. The highest BCUT2D eigenvalue weighted by atomic mass is 32.3. The second-order valence-corrected chi connectivity index (χ2v) is 8.66. The third-order valence-electron chi connectivity index (χ3n) is 3.15. The van der Waals surface area contributed by atoms with Crippen LogP contribution in [-0.2, 0) is 10.0 Å². The summed E-state index contributed by atoms with van der Waals surface area (Å²) < 4.78 is 29.2. The van der Waals surface area contributed by atoms with Crippen LogP contribution in [0.4, 0.5) is 0 Å². The fourth-order valence-corrected chi connectivity index (χ4v) is 5.99. The van der Waals surface area contributed by atoms with Gasteiger partial charge in [-0.05, 0) is 28.7 Å². The summed E-state index contributed by atoms with van der Waals surface area (Å²) in [4.78, 5) is 0. The number of allylic oxidation sites excluding steroid dienone is 3. The average Bonchev–Trinajstić information content (AvgIpc) is 2.87. The molecule has 2 aliphatic heterocycles. The number of ether oxygens (including phenoxy) is 1. The SMILES string of the molecule is COc1ccc(C2=C(S(N)(=O)=O)SC3SC=CC=C23)cc1. The number of fused-ring (bicyclic) bond motifs is 1. The number of benzene rings is 1. The number of sulfonamides is 1. The van der Waals surface area contributed by atoms with Gasteiger partial charge in [-0.2, -0.15) is 0 Å². The largest absolute Gasteiger partial charge is 0.497 e. The maximum atomic E-state index is 11.9. The Morgan fingerprint density at radius 1 is 1.24 bits per heavy atom. The Balaban J connectivity index is 2.16. The number of thioether (sulfide) groups is 2. The molecule has 21 heavy (non-hydrogen) atoms. The van der Waals surface area contributed by atoms with Gasteiger partial charge in [0, 0.05) is 5.57 Å². The third-order valence-corrected chi connectivity index (χ3v) is 7.18. The van der Waals surface area contributed by atoms with E-state index in [1.54, 1.807) is 18.9 Å². The molecule has 0 amide bonds. The molecule has 2 aliphatic rings. The molecule has 1 unspecified atom stereocenters. The zero-order chi connectivity index (χ0) is 15.0. The molecule has 0 aromatic heterocycles. The van der Waals surface area contributed by atoms with Crippen LogP contribution in [0, 0.1) is 0 Å². The summed E-state index contributed by atoms with van der Waals surface area (Å²) in [5, 5.41) is 7.35. The van der Waals surface area contributed by atoms with Crippen LogP contribution in [0.5, 0.6) is 5.75 Å². The fourth-order valence-electron chi connectivity index (χ4n) is 2.23. The number of nitrogens with two attached hydrogens (primary N) is 1. The Labute approximate surface area is 132 Å². The number of hydrogen-bond donors (Lipinski definition) is 1. The van der Waals surface area contributed by atoms with E-state index in [-0.39, 0.29) is 8.82 Å². The van der Waals surface area contributed by atoms with E-state index in [9.17, 15) is 8.42 Å². The van der Waals surface area contributed by atoms with Crippen LogP contribution in [-0.4, -0.2) is 20.1 Å². The van der Waals surface area contributed by atoms with Crippen LogP contribution in [0.25, 0.3) is 5.57 Å². The van der Waals surface area contributed by atoms with E-state index in [4.69, 9.17) is 9.88 Å². The molecule has 0 fully saturated rings. The monoisotopic (exact) mass is 339 g/mol. The Kier molecular flexibility index (Phi) is 3.92. The highest BCUT2D eigenvalue weighted by molar-refractivity contribution is 8.27. The van der Waals surface area contributed by atoms with E-state index < -0.39 is 10.0 Å². The van der Waals surface area contributed by atoms with Gasteiger partial charge in [-0.3, -0.25) is 0 Å². The predicted molar refractivity (Wildman–Crippen MR) is 89.2 cm³/mol. The van der Waals surface area contributed by atoms with Crippen molar-refractivity contribution < 1.29 is 13.2 Å². The van der Waals surface area contributed by atoms with Crippen molar-refractivity contribution >= 4 is 39.1 Å². The topological polar surface area (TPSA) is 69.4 Å². The van der Waals surface area contributed by atoms with Gasteiger partial charge in [0.25, 0.3) is 0 Å². The normalized spacial score (nSPS) is 21.2. The highest BCUT2D eigenvalue weighted by Gasteiger charge is 2.36. The first-order valence-corrected chi connectivity index (χ1v) is 9.48. The van der Waals surface area contributed by atoms with Crippen LogP contribution >= 0.6 is 23.5 Å². The van der Waals surface area contributed by atoms with E-state index >= 15 is 0 Å². The van der Waals surface area contributed by atoms with Gasteiger partial charge in [-0.25, -0.2) is 13.6 Å². The van der Waals surface area contributed by atoms with Crippen molar-refractivity contribution in [1.29, 1.82) is 0 Å². The van der Waals surface area contributed by atoms with Gasteiger partial charge >= 0.3 is 0 Å². The average molecular weight is 339 g/mol. The lowest BCUT2D eigenvalue weighted by Crippen LogP contribution is -2.13. The lowest BCUT2D eigenvalue weighted by Gasteiger charge is -2.14. The standard InChI is InChI=1S/C14H13NO3S3/c1-18-10-6-4-9(5-7-10)12-11-3-2-8-19-13(11)20-14(12)21(15,16)17/h2-8,13H,1H3,(H2,15,16,17). The molecule has 0 aliphatic carbocycles. The number of rotatable bonds is 3. The minimum Gasteiger partial charge on any atom is -0.497 e. The molecule has 110 valence electrons. The molecule has 2 heterocycles. The zero-order valence-electron chi connectivity index (χ0n) is 11.1. The van der Waals surface area contributed by atoms with Crippen LogP contribution in [0.2, 0.25) is 0 Å². The maximum Gasteiger partial charge on any atom is 0.244 e. The first-order valence-electron chi connectivity index (χ1n) is 6.11. The van der Waals surface area contributed by atoms with Crippen LogP contribution in [0.1, 0.15) is 5.56 Å². The summed E-state index contributed by atoms with van der Waals surface area (Å²) in [6.45, 7) is 0. The Morgan fingerprint density at radius 2 is 1.95 bits per heavy atom. The molecule has 1 aromatic carbocycles. The fraction of sp³-hybridized carbons (Fsp3) is 0.143. The summed E-state index contributed by atoms with van der Waals surface area (Å²) >= 11 is 2.88. The summed E-state index contributed by atoms with van der Waals surface area (Å²) in [6, 6.07) is 7.33. The molecule has 0 radical (unpaired) electrons. The highest BCUT2D eigenvalue weighted by Crippen LogP contribution is 2.53. The van der Waals surface area contributed by atoms with Crippen molar-refractivity contribution in [2.45, 2.75) is 4.58 Å². The molecule has 1 atom stereocenters. The van der Waals surface area contributed by atoms with Gasteiger partial charge in [-0.15, -0.1) is 11.8 Å². The number of primary sulfonamides is 1. The molecule has 3 rings (SSSR count). The lowest BCUT2D eigenvalue weighted by atomic mass is 10.00. The van der Waals surface area contributed by atoms with E-state index in [0.717, 1.165) is 16.9 Å². The molecule has 0 bridgehead atoms. The molecule has 4 nitrogen and oxygen atoms in total. The van der Waals surface area contributed by atoms with Crippen molar-refractivity contribution in [3.05, 3.63) is 57.2 Å². The summed E-state index contributed by atoms with van der Waals surface area (Å²) in [6.07, 6.45) is 3.87. The van der Waals surface area contributed by atoms with Crippen molar-refractivity contribution in [1.82, 2.24) is 0 Å². The maximum absolute atomic E-state index is 11.9. The first kappa shape index (κ1) is 14.8. The molecule has 1 aromatic rings. The Hall–Kier alpha value is -1.15. The van der Waals surface area contributed by atoms with Crippen LogP contribution in [0.15, 0.2) is 51.6 Å². The lowest BCUT2D eigenvalue weighted by molar-refractivity contribution is 0.415. The zero-order valence-corrected chi connectivity index (χ0v) is 13.6. The number of methoxy groups -OCH3 is 1. The predicted octanol–water partition coefficient (Wildman–Crippen LogP) is 2.91. The molecular weight excluding hydrogens is 326 g/mol. The van der Waals surface area contributed by atoms with Gasteiger partial charge in [0.2, 0.25) is 10.0 Å². The minimum atomic E-state index is -3.74. The molecule has 0 spiro atoms. The quantitative estimate of drug-likeness (QED) is 0.917. The van der Waals surface area contributed by atoms with Gasteiger partial charge in [0.1, 0.15) is 9.99 Å².